The molecule has 4 aliphatic carbocycles. The highest BCUT2D eigenvalue weighted by atomic mass is 32.2. The number of aldehydes is 1. The van der Waals surface area contributed by atoms with Gasteiger partial charge in [0.25, 0.3) is 0 Å². The molecule has 4 aliphatic rings. The third-order valence-corrected chi connectivity index (χ3v) is 13.9. The number of hydrogen-bond donors (Lipinski definition) is 4. The largest absolute Gasteiger partial charge is 0.341 e. The molecule has 0 spiro atoms. The zero-order chi connectivity index (χ0) is 45.0. The molecule has 6 rings (SSSR count). The summed E-state index contributed by atoms with van der Waals surface area (Å²) in [5, 5.41) is 8.59. The van der Waals surface area contributed by atoms with E-state index in [2.05, 4.69) is 77.2 Å². The van der Waals surface area contributed by atoms with Gasteiger partial charge in [-0.2, -0.15) is 0 Å². The number of amides is 4. The maximum Gasteiger partial charge on any atom is 0.332 e. The average molecular weight is 875 g/mol. The van der Waals surface area contributed by atoms with Crippen molar-refractivity contribution in [1.29, 1.82) is 0 Å². The van der Waals surface area contributed by atoms with E-state index in [-0.39, 0.29) is 23.5 Å². The van der Waals surface area contributed by atoms with Gasteiger partial charge in [0.15, 0.2) is 0 Å². The highest BCUT2D eigenvalue weighted by molar-refractivity contribution is 7.90. The number of rotatable bonds is 18. The quantitative estimate of drug-likeness (QED) is 0.108. The fraction of sp³-hybridized carbons (Fsp3) is 0.667. The van der Waals surface area contributed by atoms with Crippen molar-refractivity contribution in [2.24, 2.45) is 5.92 Å². The number of nitrogens with zero attached hydrogens (tertiary/aromatic N) is 2. The lowest BCUT2D eigenvalue weighted by atomic mass is 9.99. The summed E-state index contributed by atoms with van der Waals surface area (Å²) in [6, 6.07) is 4.11. The van der Waals surface area contributed by atoms with Crippen LogP contribution in [0.2, 0.25) is 0 Å². The molecule has 350 valence electrons. The lowest BCUT2D eigenvalue weighted by Gasteiger charge is -2.27. The van der Waals surface area contributed by atoms with Crippen LogP contribution in [0, 0.1) is 5.92 Å². The molecule has 0 aliphatic heterocycles. The van der Waals surface area contributed by atoms with Gasteiger partial charge in [0.1, 0.15) is 13.1 Å². The lowest BCUT2D eigenvalue weighted by molar-refractivity contribution is -0.108. The van der Waals surface area contributed by atoms with Crippen molar-refractivity contribution < 1.29 is 33.3 Å². The first-order valence-electron chi connectivity index (χ1n) is 23.2. The van der Waals surface area contributed by atoms with Crippen LogP contribution in [0.1, 0.15) is 150 Å². The first-order chi connectivity index (χ1) is 29.4. The van der Waals surface area contributed by atoms with Crippen molar-refractivity contribution in [1.82, 2.24) is 19.8 Å². The van der Waals surface area contributed by atoms with Gasteiger partial charge >= 0.3 is 12.1 Å². The molecule has 2 aromatic carbocycles. The summed E-state index contributed by atoms with van der Waals surface area (Å²) >= 11 is 0. The van der Waals surface area contributed by atoms with Crippen LogP contribution in [0.25, 0.3) is 0 Å². The molecular weight excluding hydrogens is 789 g/mol. The number of anilines is 2. The molecule has 61 heavy (non-hydrogen) atoms. The molecule has 0 bridgehead atoms. The monoisotopic (exact) mass is 875 g/mol. The van der Waals surface area contributed by atoms with Crippen LogP contribution in [0.4, 0.5) is 21.0 Å². The van der Waals surface area contributed by atoms with Gasteiger partial charge in [-0.3, -0.25) is 0 Å². The van der Waals surface area contributed by atoms with E-state index in [1.165, 1.54) is 83.2 Å². The average Bonchev–Trinajstić information content (AvgIpc) is 4.10. The predicted octanol–water partition coefficient (Wildman–Crippen LogP) is 9.17. The summed E-state index contributed by atoms with van der Waals surface area (Å²) in [6.07, 6.45) is 18.8. The zero-order valence-electron chi connectivity index (χ0n) is 38.6. The smallest absolute Gasteiger partial charge is 0.332 e. The zero-order valence-corrected chi connectivity index (χ0v) is 39.4. The van der Waals surface area contributed by atoms with Gasteiger partial charge in [0, 0.05) is 36.6 Å². The first kappa shape index (κ1) is 51.5. The molecule has 0 fully saturated rings. The van der Waals surface area contributed by atoms with Crippen LogP contribution in [0.15, 0.2) is 12.1 Å². The van der Waals surface area contributed by atoms with Crippen LogP contribution >= 0.6 is 0 Å². The fourth-order valence-corrected chi connectivity index (χ4v) is 10.4. The van der Waals surface area contributed by atoms with Gasteiger partial charge in [-0.1, -0.05) is 46.8 Å². The lowest BCUT2D eigenvalue weighted by Crippen LogP contribution is -2.39. The molecule has 2 unspecified atom stereocenters. The van der Waals surface area contributed by atoms with E-state index in [1.54, 1.807) is 7.05 Å². The van der Waals surface area contributed by atoms with Gasteiger partial charge in [-0.05, 0) is 193 Å². The minimum Gasteiger partial charge on any atom is -0.341 e. The van der Waals surface area contributed by atoms with Gasteiger partial charge in [0.2, 0.25) is 10.0 Å². The molecular formula is C48H86N6O6S. The highest BCUT2D eigenvalue weighted by Crippen LogP contribution is 2.39. The number of urea groups is 2. The van der Waals surface area contributed by atoms with Gasteiger partial charge < -0.3 is 35.3 Å². The second kappa shape index (κ2) is 26.6. The third-order valence-electron chi connectivity index (χ3n) is 12.7. The number of carbonyl (C=O) groups excluding carboxylic acids is 4. The maximum atomic E-state index is 12.6. The van der Waals surface area contributed by atoms with Crippen molar-refractivity contribution in [3.05, 3.63) is 56.6 Å². The van der Waals surface area contributed by atoms with Crippen molar-refractivity contribution in [2.75, 3.05) is 56.2 Å². The first-order valence-corrected chi connectivity index (χ1v) is 24.8. The Kier molecular flexibility index (Phi) is 22.5. The summed E-state index contributed by atoms with van der Waals surface area (Å²) in [4.78, 5) is 47.1. The number of carbonyl (C=O) groups is 4. The standard InChI is InChI=1S/C22H35N3O3S.C14H18N2O.C11H23NO.CH2O.4H2/c1-4-13-25(5-2)16(3)12-14-29(27,28)24-22(26)23-21-19-10-6-8-17(19)15-18-9-7-11-20(18)21;1-15-14(17)16-13-11-6-2-4-9(11)8-10-5-3-7-12(10)13;1-4-8-12(5-2)9-6-11(3)7-10-13;1-2;;;;/h15-16H,4-14H2,1-3H3,(H2,23,24,26);8H,2-7H2,1H3,(H2,15,16,17);10-11H,4-9H2,1-3H3;1H2;4*1H. The number of sulfonamides is 1. The maximum absolute atomic E-state index is 12.6. The highest BCUT2D eigenvalue weighted by Gasteiger charge is 2.27. The van der Waals surface area contributed by atoms with Crippen LogP contribution in [0.3, 0.4) is 0 Å². The molecule has 0 saturated carbocycles. The minimum atomic E-state index is -3.67. The Balaban J connectivity index is 0. The number of aryl methyl sites for hydroxylation is 4. The Morgan fingerprint density at radius 2 is 1.16 bits per heavy atom. The molecule has 4 amide bonds. The fourth-order valence-electron chi connectivity index (χ4n) is 9.36. The van der Waals surface area contributed by atoms with Crippen LogP contribution < -0.4 is 20.7 Å². The molecule has 0 saturated heterocycles. The number of hydrogen-bond acceptors (Lipinski definition) is 8. The predicted molar refractivity (Wildman–Crippen MR) is 259 cm³/mol. The van der Waals surface area contributed by atoms with Crippen molar-refractivity contribution in [3.63, 3.8) is 0 Å². The summed E-state index contributed by atoms with van der Waals surface area (Å²) in [7, 11) is -2.00. The minimum absolute atomic E-state index is 0. The van der Waals surface area contributed by atoms with Gasteiger partial charge in [0.05, 0.1) is 5.75 Å². The van der Waals surface area contributed by atoms with Gasteiger partial charge in [-0.25, -0.2) is 22.7 Å². The Morgan fingerprint density at radius 3 is 1.56 bits per heavy atom. The Labute approximate surface area is 374 Å². The van der Waals surface area contributed by atoms with Crippen LogP contribution in [-0.4, -0.2) is 94.9 Å². The van der Waals surface area contributed by atoms with E-state index in [0.29, 0.717) is 18.8 Å². The topological polar surface area (TPSA) is 157 Å². The van der Waals surface area contributed by atoms with E-state index in [0.717, 1.165) is 108 Å². The molecule has 0 radical (unpaired) electrons. The Hall–Kier alpha value is -3.81. The van der Waals surface area contributed by atoms with E-state index >= 15 is 0 Å². The normalized spacial score (nSPS) is 15.4. The summed E-state index contributed by atoms with van der Waals surface area (Å²) in [6.45, 7) is 20.1. The Morgan fingerprint density at radius 1 is 0.705 bits per heavy atom. The number of fused-ring (bicyclic) bond motifs is 4. The summed E-state index contributed by atoms with van der Waals surface area (Å²) < 4.78 is 27.2. The van der Waals surface area contributed by atoms with E-state index < -0.39 is 16.1 Å². The SMILES string of the molecule is C=O.CCCN(CC)C(C)CCS(=O)(=O)NC(=O)Nc1c2c(cc3c1CCC3)CCC2.CCCN(CC)CCC(C)CC=O.CNC(=O)Nc1c2c(cc3c1CCC3)CCC2.[HH].[HH].[HH].[HH]. The molecule has 0 heterocycles. The van der Waals surface area contributed by atoms with Crippen molar-refractivity contribution in [3.8, 4) is 0 Å². The second-order valence-corrected chi connectivity index (χ2v) is 18.9. The Bertz CT molecular complexity index is 1790. The van der Waals surface area contributed by atoms with E-state index in [1.807, 2.05) is 13.7 Å². The number of benzene rings is 2. The second-order valence-electron chi connectivity index (χ2n) is 17.0. The van der Waals surface area contributed by atoms with Crippen molar-refractivity contribution >= 4 is 46.5 Å². The molecule has 2 atom stereocenters. The molecule has 12 nitrogen and oxygen atoms in total. The summed E-state index contributed by atoms with van der Waals surface area (Å²) in [5.74, 6) is 0.496. The summed E-state index contributed by atoms with van der Waals surface area (Å²) in [5.41, 5.74) is 12.7. The number of nitrogens with one attached hydrogen (secondary N) is 4. The van der Waals surface area contributed by atoms with Crippen molar-refractivity contribution in [2.45, 2.75) is 157 Å². The van der Waals surface area contributed by atoms with Crippen LogP contribution in [0.5, 0.6) is 0 Å². The van der Waals surface area contributed by atoms with E-state index in [4.69, 9.17) is 4.79 Å². The molecule has 2 aromatic rings. The van der Waals surface area contributed by atoms with Crippen LogP contribution in [-0.2, 0) is 71.0 Å². The molecule has 4 N–H and O–H groups in total. The molecule has 0 aromatic heterocycles. The molecule has 13 heteroatoms. The van der Waals surface area contributed by atoms with Gasteiger partial charge in [-0.15, -0.1) is 0 Å². The third kappa shape index (κ3) is 15.5. The van der Waals surface area contributed by atoms with E-state index in [9.17, 15) is 22.8 Å².